The molecule has 3 heterocycles. The highest BCUT2D eigenvalue weighted by molar-refractivity contribution is 5.86. The molecule has 0 saturated heterocycles. The molecule has 6 nitrogen and oxygen atoms in total. The minimum atomic E-state index is 0.774. The molecule has 0 unspecified atom stereocenters. The number of nitrogens with zero attached hydrogens (tertiary/aromatic N) is 5. The first-order chi connectivity index (χ1) is 11.3. The van der Waals surface area contributed by atoms with Crippen molar-refractivity contribution in [1.29, 1.82) is 0 Å². The van der Waals surface area contributed by atoms with Crippen LogP contribution in [-0.2, 0) is 13.5 Å². The molecular weight excluding hydrogens is 288 g/mol. The van der Waals surface area contributed by atoms with E-state index in [9.17, 15) is 0 Å². The second-order valence-electron chi connectivity index (χ2n) is 5.40. The lowest BCUT2D eigenvalue weighted by Gasteiger charge is -2.08. The minimum absolute atomic E-state index is 0.774. The summed E-state index contributed by atoms with van der Waals surface area (Å²) >= 11 is 0. The molecule has 4 aromatic rings. The molecule has 0 aliphatic heterocycles. The van der Waals surface area contributed by atoms with Gasteiger partial charge in [-0.15, -0.1) is 0 Å². The van der Waals surface area contributed by atoms with Gasteiger partial charge in [0.25, 0.3) is 0 Å². The maximum absolute atomic E-state index is 4.49. The van der Waals surface area contributed by atoms with Crippen LogP contribution in [0.4, 0.5) is 5.82 Å². The number of rotatable bonds is 4. The van der Waals surface area contributed by atoms with Crippen molar-refractivity contribution in [3.8, 4) is 0 Å². The normalized spacial score (nSPS) is 11.2. The fraction of sp³-hybridized carbons (Fsp3) is 0.176. The molecule has 1 aromatic carbocycles. The molecule has 1 N–H and O–H groups in total. The van der Waals surface area contributed by atoms with Crippen molar-refractivity contribution in [1.82, 2.24) is 24.7 Å². The van der Waals surface area contributed by atoms with Gasteiger partial charge in [-0.3, -0.25) is 9.67 Å². The zero-order valence-corrected chi connectivity index (χ0v) is 12.8. The van der Waals surface area contributed by atoms with Gasteiger partial charge >= 0.3 is 0 Å². The Morgan fingerprint density at radius 2 is 2.00 bits per heavy atom. The molecule has 0 bridgehead atoms. The lowest BCUT2D eigenvalue weighted by atomic mass is 10.1. The SMILES string of the molecule is Cn1ncc2c(NCCc3cccc4cccnc34)ncnc21. The molecule has 0 aliphatic rings. The third kappa shape index (κ3) is 2.48. The molecule has 6 heteroatoms. The van der Waals surface area contributed by atoms with E-state index in [0.717, 1.165) is 35.3 Å². The molecule has 0 amide bonds. The van der Waals surface area contributed by atoms with E-state index >= 15 is 0 Å². The van der Waals surface area contributed by atoms with Crippen molar-refractivity contribution in [2.45, 2.75) is 6.42 Å². The highest BCUT2D eigenvalue weighted by atomic mass is 15.3. The molecule has 114 valence electrons. The van der Waals surface area contributed by atoms with Gasteiger partial charge in [0.15, 0.2) is 5.65 Å². The Balaban J connectivity index is 1.55. The molecule has 0 radical (unpaired) electrons. The van der Waals surface area contributed by atoms with Gasteiger partial charge in [0.1, 0.15) is 12.1 Å². The van der Waals surface area contributed by atoms with Gasteiger partial charge in [0, 0.05) is 25.2 Å². The van der Waals surface area contributed by atoms with Crippen molar-refractivity contribution < 1.29 is 0 Å². The highest BCUT2D eigenvalue weighted by Gasteiger charge is 2.07. The lowest BCUT2D eigenvalue weighted by Crippen LogP contribution is -2.07. The Hall–Kier alpha value is -3.02. The topological polar surface area (TPSA) is 68.5 Å². The number of para-hydroxylation sites is 1. The summed E-state index contributed by atoms with van der Waals surface area (Å²) in [6.45, 7) is 0.774. The first-order valence-electron chi connectivity index (χ1n) is 7.52. The molecule has 3 aromatic heterocycles. The lowest BCUT2D eigenvalue weighted by molar-refractivity contribution is 0.785. The Labute approximate surface area is 133 Å². The smallest absolute Gasteiger partial charge is 0.163 e. The largest absolute Gasteiger partial charge is 0.369 e. The minimum Gasteiger partial charge on any atom is -0.369 e. The number of fused-ring (bicyclic) bond motifs is 2. The van der Waals surface area contributed by atoms with Gasteiger partial charge < -0.3 is 5.32 Å². The Morgan fingerprint density at radius 3 is 2.96 bits per heavy atom. The van der Waals surface area contributed by atoms with E-state index in [-0.39, 0.29) is 0 Å². The van der Waals surface area contributed by atoms with Crippen molar-refractivity contribution in [3.05, 3.63) is 54.6 Å². The fourth-order valence-electron chi connectivity index (χ4n) is 2.79. The number of nitrogens with one attached hydrogen (secondary N) is 1. The molecular formula is C17H16N6. The van der Waals surface area contributed by atoms with Gasteiger partial charge in [0.2, 0.25) is 0 Å². The zero-order valence-electron chi connectivity index (χ0n) is 12.8. The second-order valence-corrected chi connectivity index (χ2v) is 5.40. The Bertz CT molecular complexity index is 970. The molecule has 0 atom stereocenters. The Kier molecular flexibility index (Phi) is 3.34. The molecule has 0 spiro atoms. The van der Waals surface area contributed by atoms with Crippen LogP contribution in [0.5, 0.6) is 0 Å². The summed E-state index contributed by atoms with van der Waals surface area (Å²) in [7, 11) is 1.88. The standard InChI is InChI=1S/C17H16N6/c1-23-17-14(10-22-23)16(20-11-21-17)19-9-7-13-5-2-4-12-6-3-8-18-15(12)13/h2-6,8,10-11H,7,9H2,1H3,(H,19,20,21). The maximum Gasteiger partial charge on any atom is 0.163 e. The third-order valence-electron chi connectivity index (χ3n) is 3.93. The van der Waals surface area contributed by atoms with Crippen LogP contribution in [0.2, 0.25) is 0 Å². The summed E-state index contributed by atoms with van der Waals surface area (Å²) in [5, 5.41) is 9.71. The number of hydrogen-bond acceptors (Lipinski definition) is 5. The molecule has 0 aliphatic carbocycles. The van der Waals surface area contributed by atoms with Crippen LogP contribution >= 0.6 is 0 Å². The van der Waals surface area contributed by atoms with Gasteiger partial charge in [-0.2, -0.15) is 5.10 Å². The average molecular weight is 304 g/mol. The summed E-state index contributed by atoms with van der Waals surface area (Å²) in [5.74, 6) is 0.816. The van der Waals surface area contributed by atoms with E-state index in [1.165, 1.54) is 10.9 Å². The fourth-order valence-corrected chi connectivity index (χ4v) is 2.79. The summed E-state index contributed by atoms with van der Waals surface area (Å²) in [5.41, 5.74) is 3.12. The van der Waals surface area contributed by atoms with E-state index in [4.69, 9.17) is 0 Å². The number of aromatic nitrogens is 5. The van der Waals surface area contributed by atoms with E-state index in [1.807, 2.05) is 19.3 Å². The number of pyridine rings is 1. The maximum atomic E-state index is 4.49. The first-order valence-corrected chi connectivity index (χ1v) is 7.52. The number of anilines is 1. The number of aryl methyl sites for hydroxylation is 1. The monoisotopic (exact) mass is 304 g/mol. The van der Waals surface area contributed by atoms with Crippen LogP contribution < -0.4 is 5.32 Å². The van der Waals surface area contributed by atoms with Crippen LogP contribution in [0.15, 0.2) is 49.1 Å². The van der Waals surface area contributed by atoms with Crippen molar-refractivity contribution in [2.75, 3.05) is 11.9 Å². The van der Waals surface area contributed by atoms with Crippen LogP contribution in [0.25, 0.3) is 21.9 Å². The van der Waals surface area contributed by atoms with Gasteiger partial charge in [0.05, 0.1) is 17.1 Å². The van der Waals surface area contributed by atoms with Gasteiger partial charge in [-0.05, 0) is 18.1 Å². The average Bonchev–Trinajstić information content (AvgIpc) is 2.97. The number of hydrogen-bond donors (Lipinski definition) is 1. The predicted molar refractivity (Wildman–Crippen MR) is 90.2 cm³/mol. The summed E-state index contributed by atoms with van der Waals surface area (Å²) in [4.78, 5) is 13.1. The molecule has 23 heavy (non-hydrogen) atoms. The van der Waals surface area contributed by atoms with Crippen molar-refractivity contribution >= 4 is 27.8 Å². The predicted octanol–water partition coefficient (Wildman–Crippen LogP) is 2.57. The quantitative estimate of drug-likeness (QED) is 0.627. The second kappa shape index (κ2) is 5.64. The zero-order chi connectivity index (χ0) is 15.6. The van der Waals surface area contributed by atoms with Crippen LogP contribution in [0.3, 0.4) is 0 Å². The van der Waals surface area contributed by atoms with E-state index in [2.05, 4.69) is 49.6 Å². The van der Waals surface area contributed by atoms with Crippen LogP contribution in [0, 0.1) is 0 Å². The van der Waals surface area contributed by atoms with Crippen LogP contribution in [0.1, 0.15) is 5.56 Å². The first kappa shape index (κ1) is 13.6. The van der Waals surface area contributed by atoms with E-state index < -0.39 is 0 Å². The van der Waals surface area contributed by atoms with E-state index in [1.54, 1.807) is 17.2 Å². The molecule has 0 fully saturated rings. The summed E-state index contributed by atoms with van der Waals surface area (Å²) < 4.78 is 1.75. The molecule has 0 saturated carbocycles. The van der Waals surface area contributed by atoms with Crippen molar-refractivity contribution in [3.63, 3.8) is 0 Å². The third-order valence-corrected chi connectivity index (χ3v) is 3.93. The van der Waals surface area contributed by atoms with Crippen LogP contribution in [-0.4, -0.2) is 31.3 Å². The molecule has 4 rings (SSSR count). The van der Waals surface area contributed by atoms with Crippen molar-refractivity contribution in [2.24, 2.45) is 7.05 Å². The van der Waals surface area contributed by atoms with E-state index in [0.29, 0.717) is 0 Å². The Morgan fingerprint density at radius 1 is 1.09 bits per heavy atom. The highest BCUT2D eigenvalue weighted by Crippen LogP contribution is 2.19. The van der Waals surface area contributed by atoms with Gasteiger partial charge in [-0.25, -0.2) is 9.97 Å². The summed E-state index contributed by atoms with van der Waals surface area (Å²) in [6, 6.07) is 10.3. The number of benzene rings is 1. The summed E-state index contributed by atoms with van der Waals surface area (Å²) in [6.07, 6.45) is 6.06. The van der Waals surface area contributed by atoms with Gasteiger partial charge in [-0.1, -0.05) is 24.3 Å².